The van der Waals surface area contributed by atoms with Crippen molar-refractivity contribution < 1.29 is 14.4 Å². The number of ketones is 3. The molecule has 0 saturated heterocycles. The first kappa shape index (κ1) is 17.8. The Morgan fingerprint density at radius 3 is 1.46 bits per heavy atom. The lowest BCUT2D eigenvalue weighted by molar-refractivity contribution is 0.100. The topological polar surface area (TPSA) is 51.2 Å². The van der Waals surface area contributed by atoms with Crippen LogP contribution < -0.4 is 0 Å². The average Bonchev–Trinajstić information content (AvgIpc) is 3.01. The van der Waals surface area contributed by atoms with E-state index in [1.54, 1.807) is 24.3 Å². The van der Waals surface area contributed by atoms with Crippen LogP contribution in [0.4, 0.5) is 0 Å². The van der Waals surface area contributed by atoms with Gasteiger partial charge in [0.2, 0.25) is 0 Å². The average molecular weight is 366 g/mol. The van der Waals surface area contributed by atoms with Crippen molar-refractivity contribution in [1.82, 2.24) is 0 Å². The van der Waals surface area contributed by atoms with Gasteiger partial charge in [-0.05, 0) is 30.5 Å². The molecule has 4 rings (SSSR count). The van der Waals surface area contributed by atoms with Gasteiger partial charge in [-0.2, -0.15) is 0 Å². The van der Waals surface area contributed by atoms with Crippen LogP contribution in [0.3, 0.4) is 0 Å². The van der Waals surface area contributed by atoms with Crippen molar-refractivity contribution in [3.05, 3.63) is 106 Å². The molecular formula is C25H18O3. The first-order chi connectivity index (χ1) is 13.5. The van der Waals surface area contributed by atoms with Crippen LogP contribution >= 0.6 is 0 Å². The highest BCUT2D eigenvalue weighted by Crippen LogP contribution is 2.42. The van der Waals surface area contributed by atoms with E-state index in [1.807, 2.05) is 48.5 Å². The van der Waals surface area contributed by atoms with Gasteiger partial charge in [-0.3, -0.25) is 14.4 Å². The third-order valence-electron chi connectivity index (χ3n) is 5.08. The first-order valence-electron chi connectivity index (χ1n) is 9.08. The Kier molecular flexibility index (Phi) is 4.36. The zero-order valence-corrected chi connectivity index (χ0v) is 15.7. The Balaban J connectivity index is 1.93. The van der Waals surface area contributed by atoms with Gasteiger partial charge in [0, 0.05) is 27.8 Å². The van der Waals surface area contributed by atoms with E-state index >= 15 is 0 Å². The smallest absolute Gasteiger partial charge is 0.194 e. The predicted octanol–water partition coefficient (Wildman–Crippen LogP) is 5.25. The molecule has 3 heteroatoms. The third kappa shape index (κ3) is 2.91. The molecule has 0 radical (unpaired) electrons. The number of fused-ring (bicyclic) bond motifs is 1. The zero-order chi connectivity index (χ0) is 19.8. The second-order valence-corrected chi connectivity index (χ2v) is 6.89. The van der Waals surface area contributed by atoms with Crippen molar-refractivity contribution in [1.29, 1.82) is 0 Å². The van der Waals surface area contributed by atoms with Crippen LogP contribution in [0.2, 0.25) is 0 Å². The number of benzene rings is 3. The lowest BCUT2D eigenvalue weighted by atomic mass is 9.93. The van der Waals surface area contributed by atoms with Crippen molar-refractivity contribution in [2.24, 2.45) is 0 Å². The Morgan fingerprint density at radius 2 is 1.00 bits per heavy atom. The zero-order valence-electron chi connectivity index (χ0n) is 15.7. The number of rotatable bonds is 4. The van der Waals surface area contributed by atoms with Crippen molar-refractivity contribution in [2.45, 2.75) is 13.8 Å². The van der Waals surface area contributed by atoms with Gasteiger partial charge in [0.1, 0.15) is 0 Å². The fraction of sp³-hybridized carbons (Fsp3) is 0.0800. The van der Waals surface area contributed by atoms with Gasteiger partial charge >= 0.3 is 0 Å². The van der Waals surface area contributed by atoms with E-state index in [-0.39, 0.29) is 17.3 Å². The van der Waals surface area contributed by atoms with Crippen molar-refractivity contribution in [2.75, 3.05) is 0 Å². The van der Waals surface area contributed by atoms with Crippen molar-refractivity contribution >= 4 is 28.5 Å². The van der Waals surface area contributed by atoms with Gasteiger partial charge in [-0.25, -0.2) is 0 Å². The summed E-state index contributed by atoms with van der Waals surface area (Å²) >= 11 is 0. The molecule has 3 nitrogen and oxygen atoms in total. The second kappa shape index (κ2) is 6.86. The Morgan fingerprint density at radius 1 is 0.571 bits per heavy atom. The molecule has 3 aromatic carbocycles. The SMILES string of the molecule is CC(=O)c1ccc(C2=C(c3ccc(C(C)=O)cc3)c3ccccc3C2=O)cc1. The van der Waals surface area contributed by atoms with E-state index in [0.29, 0.717) is 22.3 Å². The molecule has 1 aliphatic rings. The van der Waals surface area contributed by atoms with E-state index in [9.17, 15) is 14.4 Å². The Labute approximate surface area is 163 Å². The number of hydrogen-bond acceptors (Lipinski definition) is 3. The lowest BCUT2D eigenvalue weighted by Crippen LogP contribution is -1.99. The number of allylic oxidation sites excluding steroid dienone is 1. The molecule has 0 heterocycles. The monoisotopic (exact) mass is 366 g/mol. The van der Waals surface area contributed by atoms with E-state index in [2.05, 4.69) is 0 Å². The summed E-state index contributed by atoms with van der Waals surface area (Å²) in [6.07, 6.45) is 0. The summed E-state index contributed by atoms with van der Waals surface area (Å²) in [4.78, 5) is 36.4. The number of hydrogen-bond donors (Lipinski definition) is 0. The van der Waals surface area contributed by atoms with E-state index in [4.69, 9.17) is 0 Å². The molecule has 28 heavy (non-hydrogen) atoms. The molecule has 0 amide bonds. The lowest BCUT2D eigenvalue weighted by Gasteiger charge is -2.10. The molecule has 1 aliphatic carbocycles. The summed E-state index contributed by atoms with van der Waals surface area (Å²) in [5.74, 6) is -0.0399. The number of carbonyl (C=O) groups is 3. The summed E-state index contributed by atoms with van der Waals surface area (Å²) < 4.78 is 0. The van der Waals surface area contributed by atoms with Crippen molar-refractivity contribution in [3.63, 3.8) is 0 Å². The maximum atomic E-state index is 13.2. The highest BCUT2D eigenvalue weighted by Gasteiger charge is 2.31. The highest BCUT2D eigenvalue weighted by atomic mass is 16.1. The molecule has 0 saturated carbocycles. The van der Waals surface area contributed by atoms with E-state index in [1.165, 1.54) is 13.8 Å². The molecule has 0 fully saturated rings. The van der Waals surface area contributed by atoms with Crippen LogP contribution in [0.5, 0.6) is 0 Å². The number of carbonyl (C=O) groups excluding carboxylic acids is 3. The summed E-state index contributed by atoms with van der Waals surface area (Å²) in [6.45, 7) is 3.05. The van der Waals surface area contributed by atoms with Crippen LogP contribution in [0.1, 0.15) is 61.6 Å². The minimum Gasteiger partial charge on any atom is -0.295 e. The maximum absolute atomic E-state index is 13.2. The standard InChI is InChI=1S/C25H18O3/c1-15(26)17-7-11-19(12-8-17)23-21-5-3-4-6-22(21)25(28)24(23)20-13-9-18(10-14-20)16(2)27/h3-14H,1-2H3. The van der Waals surface area contributed by atoms with Crippen LogP contribution in [-0.4, -0.2) is 17.3 Å². The minimum absolute atomic E-state index is 0.00322. The first-order valence-corrected chi connectivity index (χ1v) is 9.08. The molecule has 0 bridgehead atoms. The van der Waals surface area contributed by atoms with Gasteiger partial charge in [0.05, 0.1) is 0 Å². The Hall–Kier alpha value is -3.59. The second-order valence-electron chi connectivity index (χ2n) is 6.89. The Bertz CT molecular complexity index is 1150. The molecule has 3 aromatic rings. The molecule has 136 valence electrons. The molecule has 0 unspecified atom stereocenters. The predicted molar refractivity (Wildman–Crippen MR) is 110 cm³/mol. The van der Waals surface area contributed by atoms with Crippen molar-refractivity contribution in [3.8, 4) is 0 Å². The van der Waals surface area contributed by atoms with Gasteiger partial charge in [0.25, 0.3) is 0 Å². The quantitative estimate of drug-likeness (QED) is 0.593. The largest absolute Gasteiger partial charge is 0.295 e. The van der Waals surface area contributed by atoms with Crippen LogP contribution in [0, 0.1) is 0 Å². The summed E-state index contributed by atoms with van der Waals surface area (Å²) in [7, 11) is 0. The summed E-state index contributed by atoms with van der Waals surface area (Å²) in [5.41, 5.74) is 5.92. The molecule has 0 aliphatic heterocycles. The van der Waals surface area contributed by atoms with Gasteiger partial charge in [0.15, 0.2) is 17.3 Å². The van der Waals surface area contributed by atoms with Gasteiger partial charge in [-0.1, -0.05) is 72.8 Å². The van der Waals surface area contributed by atoms with Crippen LogP contribution in [-0.2, 0) is 0 Å². The highest BCUT2D eigenvalue weighted by molar-refractivity contribution is 6.41. The van der Waals surface area contributed by atoms with E-state index in [0.717, 1.165) is 22.3 Å². The van der Waals surface area contributed by atoms with Gasteiger partial charge in [-0.15, -0.1) is 0 Å². The summed E-state index contributed by atoms with van der Waals surface area (Å²) in [6, 6.07) is 22.0. The van der Waals surface area contributed by atoms with E-state index < -0.39 is 0 Å². The van der Waals surface area contributed by atoms with Crippen LogP contribution in [0.15, 0.2) is 72.8 Å². The van der Waals surface area contributed by atoms with Gasteiger partial charge < -0.3 is 0 Å². The molecular weight excluding hydrogens is 348 g/mol. The molecule has 0 atom stereocenters. The minimum atomic E-state index is -0.0307. The maximum Gasteiger partial charge on any atom is 0.194 e. The molecule has 0 spiro atoms. The molecule has 0 aromatic heterocycles. The fourth-order valence-electron chi connectivity index (χ4n) is 3.60. The fourth-order valence-corrected chi connectivity index (χ4v) is 3.60. The summed E-state index contributed by atoms with van der Waals surface area (Å²) in [5, 5.41) is 0. The number of Topliss-reactive ketones (excluding diaryl/α,β-unsaturated/α-hetero) is 3. The van der Waals surface area contributed by atoms with Crippen LogP contribution in [0.25, 0.3) is 11.1 Å². The molecule has 0 N–H and O–H groups in total. The third-order valence-corrected chi connectivity index (χ3v) is 5.08. The normalized spacial score (nSPS) is 12.9.